The fourth-order valence-electron chi connectivity index (χ4n) is 5.84. The minimum atomic E-state index is -1.70. The largest absolute Gasteiger partial charge is 0.479 e. The predicted molar refractivity (Wildman–Crippen MR) is 123 cm³/mol. The van der Waals surface area contributed by atoms with Crippen LogP contribution in [0, 0.1) is 5.41 Å². The van der Waals surface area contributed by atoms with Crippen molar-refractivity contribution in [3.63, 3.8) is 0 Å². The van der Waals surface area contributed by atoms with Crippen molar-refractivity contribution < 1.29 is 29.3 Å². The Hall–Kier alpha value is -3.39. The first kappa shape index (κ1) is 22.4. The van der Waals surface area contributed by atoms with Crippen molar-refractivity contribution in [2.45, 2.75) is 49.7 Å². The van der Waals surface area contributed by atoms with Crippen molar-refractivity contribution in [3.8, 4) is 11.1 Å². The maximum atomic E-state index is 12.9. The number of carbonyl (C=O) groups is 3. The van der Waals surface area contributed by atoms with Crippen molar-refractivity contribution in [2.75, 3.05) is 13.2 Å². The SMILES string of the molecule is O=C(NC1(C(=O)NC[C@H](O)C(=O)O)CC2(CCC2)C1)OCC1c2ccccc2-c2ccccc21. The number of ether oxygens (including phenoxy) is 1. The molecule has 0 heterocycles. The normalized spacial score (nSPS) is 19.7. The summed E-state index contributed by atoms with van der Waals surface area (Å²) in [5, 5.41) is 23.6. The highest BCUT2D eigenvalue weighted by molar-refractivity contribution is 5.92. The Morgan fingerprint density at radius 1 is 1.00 bits per heavy atom. The van der Waals surface area contributed by atoms with E-state index in [4.69, 9.17) is 9.84 Å². The summed E-state index contributed by atoms with van der Waals surface area (Å²) in [5.41, 5.74) is 3.37. The molecule has 2 aromatic carbocycles. The number of hydrogen-bond acceptors (Lipinski definition) is 5. The van der Waals surface area contributed by atoms with E-state index in [0.29, 0.717) is 12.8 Å². The molecule has 178 valence electrons. The summed E-state index contributed by atoms with van der Waals surface area (Å²) in [7, 11) is 0. The van der Waals surface area contributed by atoms with E-state index >= 15 is 0 Å². The number of carbonyl (C=O) groups excluding carboxylic acids is 2. The van der Waals surface area contributed by atoms with Crippen LogP contribution in [0.25, 0.3) is 11.1 Å². The van der Waals surface area contributed by atoms with Gasteiger partial charge in [-0.3, -0.25) is 4.79 Å². The van der Waals surface area contributed by atoms with E-state index in [1.54, 1.807) is 0 Å². The molecule has 2 amide bonds. The molecule has 4 N–H and O–H groups in total. The number of benzene rings is 2. The van der Waals surface area contributed by atoms with Gasteiger partial charge in [0.25, 0.3) is 0 Å². The van der Waals surface area contributed by atoms with E-state index in [1.165, 1.54) is 0 Å². The lowest BCUT2D eigenvalue weighted by Gasteiger charge is -2.59. The molecule has 0 aromatic heterocycles. The van der Waals surface area contributed by atoms with Gasteiger partial charge in [-0.25, -0.2) is 9.59 Å². The summed E-state index contributed by atoms with van der Waals surface area (Å²) in [6.07, 6.45) is 1.70. The molecule has 8 heteroatoms. The summed E-state index contributed by atoms with van der Waals surface area (Å²) in [6.45, 7) is -0.282. The first-order chi connectivity index (χ1) is 16.3. The molecule has 1 atom stereocenters. The smallest absolute Gasteiger partial charge is 0.408 e. The topological polar surface area (TPSA) is 125 Å². The van der Waals surface area contributed by atoms with Crippen LogP contribution >= 0.6 is 0 Å². The molecule has 2 saturated carbocycles. The molecule has 8 nitrogen and oxygen atoms in total. The van der Waals surface area contributed by atoms with Gasteiger partial charge in [0, 0.05) is 5.92 Å². The second-order valence-electron chi connectivity index (χ2n) is 9.80. The number of amides is 2. The molecule has 0 bridgehead atoms. The van der Waals surface area contributed by atoms with Crippen LogP contribution < -0.4 is 10.6 Å². The Bertz CT molecular complexity index is 1090. The summed E-state index contributed by atoms with van der Waals surface area (Å²) >= 11 is 0. The third-order valence-electron chi connectivity index (χ3n) is 7.63. The van der Waals surface area contributed by atoms with Crippen LogP contribution in [0.4, 0.5) is 4.79 Å². The van der Waals surface area contributed by atoms with Gasteiger partial charge in [0.1, 0.15) is 12.1 Å². The molecule has 2 fully saturated rings. The fourth-order valence-corrected chi connectivity index (χ4v) is 5.84. The minimum Gasteiger partial charge on any atom is -0.479 e. The Morgan fingerprint density at radius 3 is 2.12 bits per heavy atom. The highest BCUT2D eigenvalue weighted by atomic mass is 16.5. The molecule has 1 spiro atoms. The quantitative estimate of drug-likeness (QED) is 0.499. The number of aliphatic carboxylic acids is 1. The Labute approximate surface area is 197 Å². The van der Waals surface area contributed by atoms with E-state index in [1.807, 2.05) is 36.4 Å². The van der Waals surface area contributed by atoms with Crippen molar-refractivity contribution in [3.05, 3.63) is 59.7 Å². The number of nitrogens with one attached hydrogen (secondary N) is 2. The fraction of sp³-hybridized carbons (Fsp3) is 0.423. The van der Waals surface area contributed by atoms with Gasteiger partial charge in [-0.05, 0) is 53.4 Å². The van der Waals surface area contributed by atoms with Crippen molar-refractivity contribution >= 4 is 18.0 Å². The predicted octanol–water partition coefficient (Wildman–Crippen LogP) is 2.79. The zero-order chi connectivity index (χ0) is 23.9. The van der Waals surface area contributed by atoms with Crippen LogP contribution in [-0.2, 0) is 14.3 Å². The van der Waals surface area contributed by atoms with E-state index in [0.717, 1.165) is 41.5 Å². The van der Waals surface area contributed by atoms with Crippen LogP contribution in [-0.4, -0.2) is 53.0 Å². The lowest BCUT2D eigenvalue weighted by Crippen LogP contribution is -2.70. The standard InChI is InChI=1S/C26H28N2O6/c29-21(22(30)31)12-27-23(32)26(14-25(15-26)10-5-11-25)28-24(33)34-13-20-18-8-3-1-6-16(18)17-7-2-4-9-19(17)20/h1-4,6-9,20-21,29H,5,10-15H2,(H,27,32)(H,28,33)(H,30,31)/t21-/m0/s1. The summed E-state index contributed by atoms with van der Waals surface area (Å²) < 4.78 is 5.63. The molecule has 3 aliphatic carbocycles. The van der Waals surface area contributed by atoms with Crippen LogP contribution in [0.5, 0.6) is 0 Å². The van der Waals surface area contributed by atoms with Crippen molar-refractivity contribution in [2.24, 2.45) is 5.41 Å². The minimum absolute atomic E-state index is 0.0549. The van der Waals surface area contributed by atoms with Crippen molar-refractivity contribution in [1.29, 1.82) is 0 Å². The number of rotatable bonds is 7. The number of aliphatic hydroxyl groups excluding tert-OH is 1. The van der Waals surface area contributed by atoms with E-state index < -0.39 is 36.2 Å². The van der Waals surface area contributed by atoms with E-state index in [2.05, 4.69) is 22.8 Å². The highest BCUT2D eigenvalue weighted by Crippen LogP contribution is 2.60. The summed E-state index contributed by atoms with van der Waals surface area (Å²) in [6, 6.07) is 16.1. The average Bonchev–Trinajstić information content (AvgIpc) is 3.10. The van der Waals surface area contributed by atoms with Gasteiger partial charge in [-0.2, -0.15) is 0 Å². The van der Waals surface area contributed by atoms with Gasteiger partial charge in [-0.15, -0.1) is 0 Å². The van der Waals surface area contributed by atoms with Gasteiger partial charge in [0.05, 0.1) is 6.54 Å². The second kappa shape index (κ2) is 8.43. The molecule has 5 rings (SSSR count). The third kappa shape index (κ3) is 3.81. The Kier molecular flexibility index (Phi) is 5.56. The van der Waals surface area contributed by atoms with Gasteiger partial charge >= 0.3 is 12.1 Å². The third-order valence-corrected chi connectivity index (χ3v) is 7.63. The molecule has 0 aliphatic heterocycles. The van der Waals surface area contributed by atoms with Gasteiger partial charge < -0.3 is 25.6 Å². The van der Waals surface area contributed by atoms with Crippen molar-refractivity contribution in [1.82, 2.24) is 10.6 Å². The van der Waals surface area contributed by atoms with Gasteiger partial charge in [-0.1, -0.05) is 55.0 Å². The Morgan fingerprint density at radius 2 is 1.59 bits per heavy atom. The number of fused-ring (bicyclic) bond motifs is 3. The lowest BCUT2D eigenvalue weighted by molar-refractivity contribution is -0.149. The summed E-state index contributed by atoms with van der Waals surface area (Å²) in [4.78, 5) is 36.7. The van der Waals surface area contributed by atoms with Crippen LogP contribution in [0.1, 0.15) is 49.1 Å². The van der Waals surface area contributed by atoms with Crippen LogP contribution in [0.15, 0.2) is 48.5 Å². The molecule has 0 saturated heterocycles. The number of hydrogen-bond donors (Lipinski definition) is 4. The average molecular weight is 465 g/mol. The molecule has 0 radical (unpaired) electrons. The zero-order valence-corrected chi connectivity index (χ0v) is 18.8. The maximum absolute atomic E-state index is 12.9. The molecule has 0 unspecified atom stereocenters. The van der Waals surface area contributed by atoms with Crippen LogP contribution in [0.3, 0.4) is 0 Å². The monoisotopic (exact) mass is 464 g/mol. The maximum Gasteiger partial charge on any atom is 0.408 e. The Balaban J connectivity index is 1.26. The number of carboxylic acids is 1. The second-order valence-corrected chi connectivity index (χ2v) is 9.80. The molecular weight excluding hydrogens is 436 g/mol. The first-order valence-electron chi connectivity index (χ1n) is 11.6. The van der Waals surface area contributed by atoms with E-state index in [9.17, 15) is 19.5 Å². The molecule has 3 aliphatic rings. The molecular formula is C26H28N2O6. The first-order valence-corrected chi connectivity index (χ1v) is 11.6. The zero-order valence-electron chi connectivity index (χ0n) is 18.8. The molecule has 2 aromatic rings. The molecule has 34 heavy (non-hydrogen) atoms. The van der Waals surface area contributed by atoms with Gasteiger partial charge in [0.2, 0.25) is 5.91 Å². The number of alkyl carbamates (subject to hydrolysis) is 1. The highest BCUT2D eigenvalue weighted by Gasteiger charge is 2.61. The van der Waals surface area contributed by atoms with Crippen LogP contribution in [0.2, 0.25) is 0 Å². The lowest BCUT2D eigenvalue weighted by atomic mass is 9.48. The number of aliphatic hydroxyl groups is 1. The van der Waals surface area contributed by atoms with Gasteiger partial charge in [0.15, 0.2) is 6.10 Å². The summed E-state index contributed by atoms with van der Waals surface area (Å²) in [5.74, 6) is -1.99. The number of carboxylic acid groups (broad SMARTS) is 1. The van der Waals surface area contributed by atoms with E-state index in [-0.39, 0.29) is 17.9 Å².